The maximum absolute atomic E-state index is 12.6. The molecule has 2 rings (SSSR count). The topological polar surface area (TPSA) is 50.2 Å². The summed E-state index contributed by atoms with van der Waals surface area (Å²) in [5, 5.41) is 10.3. The van der Waals surface area contributed by atoms with E-state index in [-0.39, 0.29) is 10.8 Å². The molecule has 0 amide bonds. The quantitative estimate of drug-likeness (QED) is 0.851. The van der Waals surface area contributed by atoms with Gasteiger partial charge in [0.15, 0.2) is 0 Å². The van der Waals surface area contributed by atoms with Gasteiger partial charge in [0, 0.05) is 10.9 Å². The predicted octanol–water partition coefficient (Wildman–Crippen LogP) is 2.65. The van der Waals surface area contributed by atoms with Gasteiger partial charge in [0.1, 0.15) is 5.82 Å². The molecule has 1 heterocycles. The van der Waals surface area contributed by atoms with Crippen LogP contribution in [-0.4, -0.2) is 16.1 Å². The Morgan fingerprint density at radius 2 is 2.00 bits per heavy atom. The number of rotatable bonds is 2. The number of aromatic carboxylic acids is 1. The van der Waals surface area contributed by atoms with Crippen molar-refractivity contribution in [3.8, 4) is 11.3 Å². The molecule has 15 heavy (non-hydrogen) atoms. The van der Waals surface area contributed by atoms with E-state index in [4.69, 9.17) is 5.11 Å². The Labute approximate surface area is 88.8 Å². The second-order valence-corrected chi connectivity index (χ2v) is 3.71. The molecule has 0 saturated heterocycles. The summed E-state index contributed by atoms with van der Waals surface area (Å²) < 4.78 is 12.6. The van der Waals surface area contributed by atoms with Crippen LogP contribution in [0.15, 0.2) is 29.6 Å². The molecule has 0 spiro atoms. The third-order valence-electron chi connectivity index (χ3n) is 1.83. The van der Waals surface area contributed by atoms with Crippen LogP contribution in [0.25, 0.3) is 11.3 Å². The van der Waals surface area contributed by atoms with E-state index >= 15 is 0 Å². The summed E-state index contributed by atoms with van der Waals surface area (Å²) in [4.78, 5) is 14.5. The Hall–Kier alpha value is -1.75. The van der Waals surface area contributed by atoms with Crippen molar-refractivity contribution in [3.05, 3.63) is 40.5 Å². The SMILES string of the molecule is O=C(O)c1nc(-c2ccc(F)cc2)cs1. The summed E-state index contributed by atoms with van der Waals surface area (Å²) in [7, 11) is 0. The van der Waals surface area contributed by atoms with Crippen LogP contribution < -0.4 is 0 Å². The lowest BCUT2D eigenvalue weighted by Gasteiger charge is -1.94. The third-order valence-corrected chi connectivity index (χ3v) is 2.66. The number of nitrogens with zero attached hydrogens (tertiary/aromatic N) is 1. The van der Waals surface area contributed by atoms with E-state index in [0.29, 0.717) is 11.3 Å². The van der Waals surface area contributed by atoms with Gasteiger partial charge in [-0.1, -0.05) is 0 Å². The fourth-order valence-corrected chi connectivity index (χ4v) is 1.79. The van der Waals surface area contributed by atoms with E-state index in [9.17, 15) is 9.18 Å². The number of carbonyl (C=O) groups is 1. The van der Waals surface area contributed by atoms with Crippen LogP contribution in [-0.2, 0) is 0 Å². The number of aromatic nitrogens is 1. The molecule has 0 bridgehead atoms. The zero-order valence-electron chi connectivity index (χ0n) is 7.48. The first kappa shape index (κ1) is 9.79. The van der Waals surface area contributed by atoms with Crippen LogP contribution in [0.4, 0.5) is 4.39 Å². The van der Waals surface area contributed by atoms with Gasteiger partial charge in [-0.2, -0.15) is 0 Å². The summed E-state index contributed by atoms with van der Waals surface area (Å²) in [5.41, 5.74) is 1.26. The molecule has 1 aromatic carbocycles. The summed E-state index contributed by atoms with van der Waals surface area (Å²) in [6, 6.07) is 5.76. The van der Waals surface area contributed by atoms with Gasteiger partial charge in [0.25, 0.3) is 0 Å². The van der Waals surface area contributed by atoms with Crippen molar-refractivity contribution in [1.82, 2.24) is 4.98 Å². The third kappa shape index (κ3) is 2.02. The highest BCUT2D eigenvalue weighted by Gasteiger charge is 2.09. The van der Waals surface area contributed by atoms with Gasteiger partial charge in [0.2, 0.25) is 5.01 Å². The molecule has 0 aliphatic carbocycles. The van der Waals surface area contributed by atoms with Crippen molar-refractivity contribution in [3.63, 3.8) is 0 Å². The first-order valence-electron chi connectivity index (χ1n) is 4.11. The van der Waals surface area contributed by atoms with Gasteiger partial charge < -0.3 is 5.11 Å². The zero-order chi connectivity index (χ0) is 10.8. The van der Waals surface area contributed by atoms with Crippen molar-refractivity contribution >= 4 is 17.3 Å². The number of hydrogen-bond donors (Lipinski definition) is 1. The Morgan fingerprint density at radius 1 is 1.33 bits per heavy atom. The van der Waals surface area contributed by atoms with E-state index < -0.39 is 5.97 Å². The van der Waals surface area contributed by atoms with Gasteiger partial charge in [-0.05, 0) is 24.3 Å². The average Bonchev–Trinajstić information content (AvgIpc) is 2.68. The predicted molar refractivity (Wildman–Crippen MR) is 54.5 cm³/mol. The number of thiazole rings is 1. The van der Waals surface area contributed by atoms with Crippen LogP contribution in [0.2, 0.25) is 0 Å². The first-order chi connectivity index (χ1) is 7.16. The number of carboxylic acids is 1. The lowest BCUT2D eigenvalue weighted by atomic mass is 10.2. The minimum atomic E-state index is -1.05. The first-order valence-corrected chi connectivity index (χ1v) is 4.99. The van der Waals surface area contributed by atoms with Crippen molar-refractivity contribution in [2.75, 3.05) is 0 Å². The summed E-state index contributed by atoms with van der Waals surface area (Å²) in [5.74, 6) is -1.37. The van der Waals surface area contributed by atoms with Crippen molar-refractivity contribution in [2.24, 2.45) is 0 Å². The minimum absolute atomic E-state index is 0.0364. The average molecular weight is 223 g/mol. The molecule has 1 N–H and O–H groups in total. The van der Waals surface area contributed by atoms with Gasteiger partial charge in [-0.25, -0.2) is 14.2 Å². The summed E-state index contributed by atoms with van der Waals surface area (Å²) in [6.07, 6.45) is 0. The molecule has 3 nitrogen and oxygen atoms in total. The second-order valence-electron chi connectivity index (χ2n) is 2.85. The summed E-state index contributed by atoms with van der Waals surface area (Å²) in [6.45, 7) is 0. The molecule has 0 fully saturated rings. The lowest BCUT2D eigenvalue weighted by molar-refractivity contribution is 0.0696. The Kier molecular flexibility index (Phi) is 2.47. The smallest absolute Gasteiger partial charge is 0.365 e. The zero-order valence-corrected chi connectivity index (χ0v) is 8.29. The van der Waals surface area contributed by atoms with Crippen molar-refractivity contribution in [2.45, 2.75) is 0 Å². The second kappa shape index (κ2) is 3.78. The van der Waals surface area contributed by atoms with Crippen LogP contribution in [0.5, 0.6) is 0 Å². The van der Waals surface area contributed by atoms with E-state index in [0.717, 1.165) is 11.3 Å². The lowest BCUT2D eigenvalue weighted by Crippen LogP contribution is -1.94. The van der Waals surface area contributed by atoms with Crippen LogP contribution in [0, 0.1) is 5.82 Å². The van der Waals surface area contributed by atoms with E-state index in [2.05, 4.69) is 4.98 Å². The molecule has 76 valence electrons. The minimum Gasteiger partial charge on any atom is -0.476 e. The number of benzene rings is 1. The highest BCUT2D eigenvalue weighted by molar-refractivity contribution is 7.11. The molecule has 0 saturated carbocycles. The molecule has 0 aliphatic rings. The molecule has 0 unspecified atom stereocenters. The van der Waals surface area contributed by atoms with E-state index in [1.54, 1.807) is 17.5 Å². The van der Waals surface area contributed by atoms with Crippen LogP contribution >= 0.6 is 11.3 Å². The molecule has 5 heteroatoms. The number of hydrogen-bond acceptors (Lipinski definition) is 3. The highest BCUT2D eigenvalue weighted by Crippen LogP contribution is 2.21. The van der Waals surface area contributed by atoms with Gasteiger partial charge >= 0.3 is 5.97 Å². The molecular formula is C10H6FNO2S. The molecular weight excluding hydrogens is 217 g/mol. The van der Waals surface area contributed by atoms with Crippen molar-refractivity contribution in [1.29, 1.82) is 0 Å². The molecule has 2 aromatic rings. The van der Waals surface area contributed by atoms with Crippen LogP contribution in [0.3, 0.4) is 0 Å². The normalized spacial score (nSPS) is 10.2. The highest BCUT2D eigenvalue weighted by atomic mass is 32.1. The van der Waals surface area contributed by atoms with Gasteiger partial charge in [0.05, 0.1) is 5.69 Å². The molecule has 0 aliphatic heterocycles. The van der Waals surface area contributed by atoms with Gasteiger partial charge in [-0.3, -0.25) is 0 Å². The Balaban J connectivity index is 2.37. The standard InChI is InChI=1S/C10H6FNO2S/c11-7-3-1-6(2-4-7)8-5-15-9(12-8)10(13)14/h1-5H,(H,13,14). The monoisotopic (exact) mass is 223 g/mol. The molecule has 1 aromatic heterocycles. The van der Waals surface area contributed by atoms with E-state index in [1.807, 2.05) is 0 Å². The maximum Gasteiger partial charge on any atom is 0.365 e. The Bertz CT molecular complexity index is 492. The van der Waals surface area contributed by atoms with Crippen LogP contribution in [0.1, 0.15) is 9.80 Å². The summed E-state index contributed by atoms with van der Waals surface area (Å²) >= 11 is 1.05. The number of halogens is 1. The largest absolute Gasteiger partial charge is 0.476 e. The fraction of sp³-hybridized carbons (Fsp3) is 0. The molecule has 0 radical (unpaired) electrons. The van der Waals surface area contributed by atoms with Crippen molar-refractivity contribution < 1.29 is 14.3 Å². The Morgan fingerprint density at radius 3 is 2.53 bits per heavy atom. The maximum atomic E-state index is 12.6. The molecule has 0 atom stereocenters. The van der Waals surface area contributed by atoms with E-state index in [1.165, 1.54) is 12.1 Å². The van der Waals surface area contributed by atoms with Gasteiger partial charge in [-0.15, -0.1) is 11.3 Å². The number of carboxylic acid groups (broad SMARTS) is 1. The fourth-order valence-electron chi connectivity index (χ4n) is 1.13.